The van der Waals surface area contributed by atoms with Crippen LogP contribution in [0.5, 0.6) is 0 Å². The van der Waals surface area contributed by atoms with Crippen molar-refractivity contribution in [2.75, 3.05) is 19.8 Å². The number of aromatic nitrogens is 3. The summed E-state index contributed by atoms with van der Waals surface area (Å²) < 4.78 is 7.34. The van der Waals surface area contributed by atoms with Crippen LogP contribution in [0.2, 0.25) is 0 Å². The lowest BCUT2D eigenvalue weighted by molar-refractivity contribution is 0.162. The Kier molecular flexibility index (Phi) is 4.65. The summed E-state index contributed by atoms with van der Waals surface area (Å²) in [6.07, 6.45) is 4.91. The number of carbonyl (C=O) groups is 1. The third-order valence-electron chi connectivity index (χ3n) is 4.78. The standard InChI is InChI=1S/C18H23N5O2/c24-18(22(16-6-7-16)11-14-8-9-25-12-14)19-10-17-21-20-13-23(17)15-4-2-1-3-5-15/h1-5,13-14,16H,6-12H2,(H,19,24). The molecule has 0 spiro atoms. The Bertz CT molecular complexity index is 707. The molecule has 7 heteroatoms. The zero-order chi connectivity index (χ0) is 17.1. The van der Waals surface area contributed by atoms with Gasteiger partial charge in [-0.25, -0.2) is 4.79 Å². The highest BCUT2D eigenvalue weighted by molar-refractivity contribution is 5.74. The fourth-order valence-corrected chi connectivity index (χ4v) is 3.23. The predicted molar refractivity (Wildman–Crippen MR) is 92.2 cm³/mol. The molecule has 1 atom stereocenters. The third kappa shape index (κ3) is 3.82. The zero-order valence-electron chi connectivity index (χ0n) is 14.2. The van der Waals surface area contributed by atoms with Crippen LogP contribution in [0.3, 0.4) is 0 Å². The Labute approximate surface area is 147 Å². The van der Waals surface area contributed by atoms with Crippen LogP contribution in [0.25, 0.3) is 5.69 Å². The fourth-order valence-electron chi connectivity index (χ4n) is 3.23. The van der Waals surface area contributed by atoms with Gasteiger partial charge in [0.2, 0.25) is 0 Å². The first-order valence-corrected chi connectivity index (χ1v) is 8.88. The maximum absolute atomic E-state index is 12.7. The summed E-state index contributed by atoms with van der Waals surface area (Å²) in [5.74, 6) is 1.18. The highest BCUT2D eigenvalue weighted by atomic mass is 16.5. The van der Waals surface area contributed by atoms with E-state index in [0.717, 1.165) is 50.5 Å². The average Bonchev–Trinajstić information content (AvgIpc) is 3.16. The molecule has 1 N–H and O–H groups in total. The van der Waals surface area contributed by atoms with Crippen molar-refractivity contribution in [2.24, 2.45) is 5.92 Å². The smallest absolute Gasteiger partial charge is 0.318 e. The summed E-state index contributed by atoms with van der Waals surface area (Å²) in [7, 11) is 0. The lowest BCUT2D eigenvalue weighted by atomic mass is 10.1. The molecule has 4 rings (SSSR count). The van der Waals surface area contributed by atoms with Gasteiger partial charge in [0.05, 0.1) is 13.2 Å². The van der Waals surface area contributed by atoms with Crippen molar-refractivity contribution in [3.05, 3.63) is 42.5 Å². The van der Waals surface area contributed by atoms with E-state index in [9.17, 15) is 4.79 Å². The van der Waals surface area contributed by atoms with Gasteiger partial charge in [-0.2, -0.15) is 0 Å². The Morgan fingerprint density at radius 2 is 2.12 bits per heavy atom. The van der Waals surface area contributed by atoms with Crippen LogP contribution in [0.4, 0.5) is 4.79 Å². The van der Waals surface area contributed by atoms with Gasteiger partial charge in [0.1, 0.15) is 6.33 Å². The molecule has 2 amide bonds. The number of benzene rings is 1. The van der Waals surface area contributed by atoms with E-state index in [1.165, 1.54) is 0 Å². The molecule has 2 fully saturated rings. The largest absolute Gasteiger partial charge is 0.381 e. The first-order valence-electron chi connectivity index (χ1n) is 8.88. The molecule has 25 heavy (non-hydrogen) atoms. The molecule has 0 bridgehead atoms. The Morgan fingerprint density at radius 3 is 2.84 bits per heavy atom. The SMILES string of the molecule is O=C(NCc1nncn1-c1ccccc1)N(CC1CCOC1)C1CC1. The van der Waals surface area contributed by atoms with E-state index in [1.807, 2.05) is 39.8 Å². The molecule has 1 unspecified atom stereocenters. The number of rotatable bonds is 6. The lowest BCUT2D eigenvalue weighted by Crippen LogP contribution is -2.44. The highest BCUT2D eigenvalue weighted by Crippen LogP contribution is 2.29. The van der Waals surface area contributed by atoms with Crippen LogP contribution in [-0.4, -0.2) is 51.5 Å². The quantitative estimate of drug-likeness (QED) is 0.872. The molecule has 0 radical (unpaired) electrons. The van der Waals surface area contributed by atoms with Crippen molar-refractivity contribution >= 4 is 6.03 Å². The minimum absolute atomic E-state index is 0.0167. The van der Waals surface area contributed by atoms with Gasteiger partial charge in [-0.1, -0.05) is 18.2 Å². The van der Waals surface area contributed by atoms with Gasteiger partial charge in [0.15, 0.2) is 5.82 Å². The van der Waals surface area contributed by atoms with Gasteiger partial charge in [-0.05, 0) is 31.4 Å². The topological polar surface area (TPSA) is 72.3 Å². The second kappa shape index (κ2) is 7.23. The van der Waals surface area contributed by atoms with E-state index in [4.69, 9.17) is 4.74 Å². The van der Waals surface area contributed by atoms with E-state index in [-0.39, 0.29) is 6.03 Å². The van der Waals surface area contributed by atoms with E-state index < -0.39 is 0 Å². The van der Waals surface area contributed by atoms with Crippen LogP contribution in [0.15, 0.2) is 36.7 Å². The van der Waals surface area contributed by atoms with Gasteiger partial charge < -0.3 is 15.0 Å². The molecule has 1 aliphatic carbocycles. The normalized spacial score (nSPS) is 19.8. The molecule has 132 valence electrons. The first kappa shape index (κ1) is 16.1. The van der Waals surface area contributed by atoms with Crippen LogP contribution in [-0.2, 0) is 11.3 Å². The number of ether oxygens (including phenoxy) is 1. The second-order valence-electron chi connectivity index (χ2n) is 6.72. The molecule has 1 aromatic heterocycles. The summed E-state index contributed by atoms with van der Waals surface area (Å²) in [5, 5.41) is 11.1. The molecule has 1 aromatic carbocycles. The van der Waals surface area contributed by atoms with Gasteiger partial charge in [0, 0.05) is 30.8 Å². The molecule has 1 saturated carbocycles. The van der Waals surface area contributed by atoms with Gasteiger partial charge >= 0.3 is 6.03 Å². The van der Waals surface area contributed by atoms with Gasteiger partial charge in [-0.15, -0.1) is 10.2 Å². The molecular formula is C18H23N5O2. The first-order chi connectivity index (χ1) is 12.3. The number of amides is 2. The maximum Gasteiger partial charge on any atom is 0.318 e. The zero-order valence-corrected chi connectivity index (χ0v) is 14.2. The highest BCUT2D eigenvalue weighted by Gasteiger charge is 2.34. The van der Waals surface area contributed by atoms with E-state index in [0.29, 0.717) is 18.5 Å². The Balaban J connectivity index is 1.39. The van der Waals surface area contributed by atoms with E-state index in [1.54, 1.807) is 6.33 Å². The summed E-state index contributed by atoms with van der Waals surface area (Å²) in [5.41, 5.74) is 0.985. The fraction of sp³-hybridized carbons (Fsp3) is 0.500. The maximum atomic E-state index is 12.7. The van der Waals surface area contributed by atoms with Crippen molar-refractivity contribution in [1.29, 1.82) is 0 Å². The monoisotopic (exact) mass is 341 g/mol. The number of hydrogen-bond acceptors (Lipinski definition) is 4. The molecule has 7 nitrogen and oxygen atoms in total. The number of nitrogens with zero attached hydrogens (tertiary/aromatic N) is 4. The van der Waals surface area contributed by atoms with Gasteiger partial charge in [0.25, 0.3) is 0 Å². The third-order valence-corrected chi connectivity index (χ3v) is 4.78. The lowest BCUT2D eigenvalue weighted by Gasteiger charge is -2.25. The van der Waals surface area contributed by atoms with Crippen LogP contribution >= 0.6 is 0 Å². The van der Waals surface area contributed by atoms with Gasteiger partial charge in [-0.3, -0.25) is 4.57 Å². The van der Waals surface area contributed by atoms with Crippen molar-refractivity contribution in [2.45, 2.75) is 31.8 Å². The molecule has 2 heterocycles. The molecule has 1 aliphatic heterocycles. The van der Waals surface area contributed by atoms with Crippen LogP contribution in [0.1, 0.15) is 25.1 Å². The summed E-state index contributed by atoms with van der Waals surface area (Å²) >= 11 is 0. The summed E-state index contributed by atoms with van der Waals surface area (Å²) in [4.78, 5) is 14.6. The minimum atomic E-state index is -0.0167. The summed E-state index contributed by atoms with van der Waals surface area (Å²) in [6.45, 7) is 2.71. The predicted octanol–water partition coefficient (Wildman–Crippen LogP) is 1.98. The number of nitrogens with one attached hydrogen (secondary N) is 1. The van der Waals surface area contributed by atoms with Crippen molar-refractivity contribution in [1.82, 2.24) is 25.0 Å². The number of hydrogen-bond donors (Lipinski definition) is 1. The van der Waals surface area contributed by atoms with E-state index in [2.05, 4.69) is 15.5 Å². The number of carbonyl (C=O) groups excluding carboxylic acids is 1. The molecule has 1 saturated heterocycles. The van der Waals surface area contributed by atoms with Crippen molar-refractivity contribution in [3.63, 3.8) is 0 Å². The molecule has 2 aliphatic rings. The van der Waals surface area contributed by atoms with Crippen LogP contribution < -0.4 is 5.32 Å². The second-order valence-corrected chi connectivity index (χ2v) is 6.72. The van der Waals surface area contributed by atoms with E-state index >= 15 is 0 Å². The Hall–Kier alpha value is -2.41. The number of urea groups is 1. The van der Waals surface area contributed by atoms with Crippen molar-refractivity contribution < 1.29 is 9.53 Å². The Morgan fingerprint density at radius 1 is 1.28 bits per heavy atom. The minimum Gasteiger partial charge on any atom is -0.381 e. The van der Waals surface area contributed by atoms with Crippen molar-refractivity contribution in [3.8, 4) is 5.69 Å². The summed E-state index contributed by atoms with van der Waals surface area (Å²) in [6, 6.07) is 10.3. The molecule has 2 aromatic rings. The number of para-hydroxylation sites is 1. The average molecular weight is 341 g/mol. The molecular weight excluding hydrogens is 318 g/mol. The van der Waals surface area contributed by atoms with Crippen LogP contribution in [0, 0.1) is 5.92 Å².